The zero-order chi connectivity index (χ0) is 13.1. The van der Waals surface area contributed by atoms with Gasteiger partial charge >= 0.3 is 0 Å². The minimum Gasteiger partial charge on any atom is -0.486 e. The molecule has 3 heteroatoms. The first-order chi connectivity index (χ1) is 7.84. The zero-order valence-corrected chi connectivity index (χ0v) is 11.1. The highest BCUT2D eigenvalue weighted by atomic mass is 16.5. The number of aryl methyl sites for hydroxylation is 1. The highest BCUT2D eigenvalue weighted by Gasteiger charge is 2.30. The van der Waals surface area contributed by atoms with Gasteiger partial charge in [-0.3, -0.25) is 0 Å². The summed E-state index contributed by atoms with van der Waals surface area (Å²) >= 11 is 0. The molecule has 2 atom stereocenters. The first-order valence-electron chi connectivity index (χ1n) is 5.94. The van der Waals surface area contributed by atoms with Crippen LogP contribution in [0.4, 0.5) is 0 Å². The quantitative estimate of drug-likeness (QED) is 0.843. The van der Waals surface area contributed by atoms with Crippen molar-refractivity contribution in [3.05, 3.63) is 29.8 Å². The third-order valence-corrected chi connectivity index (χ3v) is 2.86. The third-order valence-electron chi connectivity index (χ3n) is 2.86. The molecule has 1 aromatic carbocycles. The summed E-state index contributed by atoms with van der Waals surface area (Å²) in [5.41, 5.74) is 7.13. The lowest BCUT2D eigenvalue weighted by Gasteiger charge is -2.33. The highest BCUT2D eigenvalue weighted by Crippen LogP contribution is 2.23. The maximum absolute atomic E-state index is 9.39. The van der Waals surface area contributed by atoms with Crippen molar-refractivity contribution < 1.29 is 9.84 Å². The van der Waals surface area contributed by atoms with Crippen LogP contribution in [0.1, 0.15) is 26.3 Å². The fourth-order valence-electron chi connectivity index (χ4n) is 1.65. The minimum atomic E-state index is -0.378. The van der Waals surface area contributed by atoms with Gasteiger partial charge < -0.3 is 15.6 Å². The van der Waals surface area contributed by atoms with Gasteiger partial charge in [0.05, 0.1) is 6.61 Å². The van der Waals surface area contributed by atoms with Crippen LogP contribution >= 0.6 is 0 Å². The minimum absolute atomic E-state index is 0.0770. The molecule has 0 heterocycles. The number of ether oxygens (including phenoxy) is 1. The van der Waals surface area contributed by atoms with Gasteiger partial charge in [-0.1, -0.05) is 32.9 Å². The van der Waals surface area contributed by atoms with E-state index in [1.807, 2.05) is 52.0 Å². The number of hydrogen-bond donors (Lipinski definition) is 2. The van der Waals surface area contributed by atoms with Crippen molar-refractivity contribution in [3.63, 3.8) is 0 Å². The lowest BCUT2D eigenvalue weighted by molar-refractivity contribution is 0.0591. The Morgan fingerprint density at radius 3 is 2.47 bits per heavy atom. The molecule has 0 bridgehead atoms. The lowest BCUT2D eigenvalue weighted by Crippen LogP contribution is -2.49. The van der Waals surface area contributed by atoms with Crippen LogP contribution in [0, 0.1) is 12.3 Å². The van der Waals surface area contributed by atoms with Crippen LogP contribution in [0.2, 0.25) is 0 Å². The van der Waals surface area contributed by atoms with Crippen molar-refractivity contribution in [1.82, 2.24) is 0 Å². The van der Waals surface area contributed by atoms with E-state index in [4.69, 9.17) is 10.5 Å². The molecule has 0 saturated heterocycles. The van der Waals surface area contributed by atoms with Crippen LogP contribution in [-0.4, -0.2) is 23.9 Å². The summed E-state index contributed by atoms with van der Waals surface area (Å²) in [6, 6.07) is 7.54. The van der Waals surface area contributed by atoms with Crippen molar-refractivity contribution in [2.45, 2.75) is 39.8 Å². The van der Waals surface area contributed by atoms with Gasteiger partial charge in [0.25, 0.3) is 0 Å². The predicted octanol–water partition coefficient (Wildman–Crippen LogP) is 2.11. The van der Waals surface area contributed by atoms with Crippen molar-refractivity contribution in [2.75, 3.05) is 6.61 Å². The Labute approximate surface area is 104 Å². The molecule has 0 aliphatic rings. The number of aliphatic hydroxyl groups is 1. The van der Waals surface area contributed by atoms with Crippen LogP contribution in [-0.2, 0) is 0 Å². The topological polar surface area (TPSA) is 55.5 Å². The van der Waals surface area contributed by atoms with Crippen molar-refractivity contribution in [3.8, 4) is 5.75 Å². The summed E-state index contributed by atoms with van der Waals surface area (Å²) in [5, 5.41) is 9.39. The van der Waals surface area contributed by atoms with E-state index in [0.29, 0.717) is 0 Å². The normalized spacial score (nSPS) is 15.4. The number of nitrogens with two attached hydrogens (primary N) is 1. The van der Waals surface area contributed by atoms with Crippen LogP contribution in [0.3, 0.4) is 0 Å². The van der Waals surface area contributed by atoms with Crippen LogP contribution < -0.4 is 10.5 Å². The summed E-state index contributed by atoms with van der Waals surface area (Å²) in [5.74, 6) is 0.753. The van der Waals surface area contributed by atoms with Crippen molar-refractivity contribution in [2.24, 2.45) is 11.1 Å². The molecule has 0 aliphatic heterocycles. The van der Waals surface area contributed by atoms with Crippen LogP contribution in [0.5, 0.6) is 5.75 Å². The standard InChI is InChI=1S/C14H23NO2/c1-10-6-5-7-11(8-10)17-12(9-16)13(15)14(2,3)4/h5-8,12-13,16H,9,15H2,1-4H3. The molecule has 1 aromatic rings. The maximum Gasteiger partial charge on any atom is 0.137 e. The Morgan fingerprint density at radius 2 is 2.00 bits per heavy atom. The molecule has 3 N–H and O–H groups in total. The molecule has 0 aliphatic carbocycles. The zero-order valence-electron chi connectivity index (χ0n) is 11.1. The van der Waals surface area contributed by atoms with Gasteiger partial charge in [-0.05, 0) is 30.0 Å². The Morgan fingerprint density at radius 1 is 1.35 bits per heavy atom. The predicted molar refractivity (Wildman–Crippen MR) is 70.1 cm³/mol. The molecular weight excluding hydrogens is 214 g/mol. The third kappa shape index (κ3) is 4.02. The second-order valence-electron chi connectivity index (χ2n) is 5.55. The molecule has 2 unspecified atom stereocenters. The summed E-state index contributed by atoms with van der Waals surface area (Å²) in [6.45, 7) is 8.05. The molecule has 0 saturated carbocycles. The largest absolute Gasteiger partial charge is 0.486 e. The smallest absolute Gasteiger partial charge is 0.137 e. The Bertz CT molecular complexity index is 357. The van der Waals surface area contributed by atoms with Crippen molar-refractivity contribution >= 4 is 0 Å². The second-order valence-corrected chi connectivity index (χ2v) is 5.55. The first-order valence-corrected chi connectivity index (χ1v) is 5.94. The summed E-state index contributed by atoms with van der Waals surface area (Å²) in [7, 11) is 0. The monoisotopic (exact) mass is 237 g/mol. The molecule has 17 heavy (non-hydrogen) atoms. The Hall–Kier alpha value is -1.06. The average Bonchev–Trinajstić information content (AvgIpc) is 2.24. The molecule has 1 rings (SSSR count). The summed E-state index contributed by atoms with van der Waals surface area (Å²) in [4.78, 5) is 0. The van der Waals surface area contributed by atoms with E-state index in [0.717, 1.165) is 11.3 Å². The molecule has 96 valence electrons. The number of aliphatic hydroxyl groups excluding tert-OH is 1. The summed E-state index contributed by atoms with van der Waals surface area (Å²) in [6.07, 6.45) is -0.378. The number of benzene rings is 1. The second kappa shape index (κ2) is 5.52. The van der Waals surface area contributed by atoms with Gasteiger partial charge in [0, 0.05) is 6.04 Å². The average molecular weight is 237 g/mol. The van der Waals surface area contributed by atoms with E-state index in [1.165, 1.54) is 0 Å². The number of rotatable bonds is 4. The molecular formula is C14H23NO2. The van der Waals surface area contributed by atoms with E-state index in [2.05, 4.69) is 0 Å². The molecule has 0 amide bonds. The lowest BCUT2D eigenvalue weighted by atomic mass is 9.84. The van der Waals surface area contributed by atoms with Crippen molar-refractivity contribution in [1.29, 1.82) is 0 Å². The van der Waals surface area contributed by atoms with Gasteiger partial charge in [-0.2, -0.15) is 0 Å². The van der Waals surface area contributed by atoms with Gasteiger partial charge in [0.1, 0.15) is 11.9 Å². The van der Waals surface area contributed by atoms with Crippen LogP contribution in [0.15, 0.2) is 24.3 Å². The SMILES string of the molecule is Cc1cccc(OC(CO)C(N)C(C)(C)C)c1. The molecule has 0 radical (unpaired) electrons. The summed E-state index contributed by atoms with van der Waals surface area (Å²) < 4.78 is 5.76. The van der Waals surface area contributed by atoms with E-state index in [9.17, 15) is 5.11 Å². The van der Waals surface area contributed by atoms with E-state index < -0.39 is 0 Å². The Balaban J connectivity index is 2.77. The van der Waals surface area contributed by atoms with Gasteiger partial charge in [-0.15, -0.1) is 0 Å². The fraction of sp³-hybridized carbons (Fsp3) is 0.571. The van der Waals surface area contributed by atoms with Gasteiger partial charge in [0.15, 0.2) is 0 Å². The number of hydrogen-bond acceptors (Lipinski definition) is 3. The van der Waals surface area contributed by atoms with E-state index >= 15 is 0 Å². The van der Waals surface area contributed by atoms with Crippen LogP contribution in [0.25, 0.3) is 0 Å². The van der Waals surface area contributed by atoms with E-state index in [1.54, 1.807) is 0 Å². The van der Waals surface area contributed by atoms with E-state index in [-0.39, 0.29) is 24.2 Å². The molecule has 0 spiro atoms. The Kier molecular flexibility index (Phi) is 4.54. The molecule has 0 fully saturated rings. The fourth-order valence-corrected chi connectivity index (χ4v) is 1.65. The molecule has 3 nitrogen and oxygen atoms in total. The first kappa shape index (κ1) is 14.0. The molecule has 0 aromatic heterocycles. The van der Waals surface area contributed by atoms with Gasteiger partial charge in [-0.25, -0.2) is 0 Å². The van der Waals surface area contributed by atoms with Gasteiger partial charge in [0.2, 0.25) is 0 Å². The maximum atomic E-state index is 9.39. The highest BCUT2D eigenvalue weighted by molar-refractivity contribution is 5.27.